The predicted octanol–water partition coefficient (Wildman–Crippen LogP) is 14.0. The van der Waals surface area contributed by atoms with Gasteiger partial charge in [-0.3, -0.25) is 9.59 Å². The van der Waals surface area contributed by atoms with E-state index in [-0.39, 0.29) is 18.4 Å². The summed E-state index contributed by atoms with van der Waals surface area (Å²) in [7, 11) is 0. The fraction of sp³-hybridized carbons (Fsp3) is 0.962. The van der Waals surface area contributed by atoms with Gasteiger partial charge in [0.2, 0.25) is 11.8 Å². The molecule has 0 aromatic heterocycles. The van der Waals surface area contributed by atoms with Gasteiger partial charge in [0.25, 0.3) is 0 Å². The van der Waals surface area contributed by atoms with Crippen molar-refractivity contribution in [3.8, 4) is 0 Å². The average molecular weight is 796 g/mol. The number of fused-ring (bicyclic) bond motifs is 5. The summed E-state index contributed by atoms with van der Waals surface area (Å²) in [6.07, 6.45) is 45.8. The molecule has 0 aromatic carbocycles. The highest BCUT2D eigenvalue weighted by atomic mass is 16.2. The molecule has 2 N–H and O–H groups in total. The highest BCUT2D eigenvalue weighted by Crippen LogP contribution is 2.67. The Balaban J connectivity index is 1.06. The third kappa shape index (κ3) is 16.4. The van der Waals surface area contributed by atoms with Crippen LogP contribution in [-0.2, 0) is 9.59 Å². The van der Waals surface area contributed by atoms with E-state index in [9.17, 15) is 9.59 Å². The SMILES string of the molecule is CCCCCCCCCCCCN(CCCCCCCCCCCC)CCCNC(=O)CNC(=O)CCCC1CCC2C3CCC4CCCCC4(C)C3CCC12C. The monoisotopic (exact) mass is 796 g/mol. The van der Waals surface area contributed by atoms with Crippen LogP contribution >= 0.6 is 0 Å². The summed E-state index contributed by atoms with van der Waals surface area (Å²) in [4.78, 5) is 28.2. The molecule has 2 amide bonds. The second-order valence-corrected chi connectivity index (χ2v) is 20.8. The van der Waals surface area contributed by atoms with Crippen LogP contribution in [0.1, 0.15) is 246 Å². The molecule has 4 rings (SSSR count). The maximum atomic E-state index is 12.8. The van der Waals surface area contributed by atoms with Gasteiger partial charge < -0.3 is 15.5 Å². The van der Waals surface area contributed by atoms with E-state index in [0.717, 1.165) is 49.0 Å². The highest BCUT2D eigenvalue weighted by molar-refractivity contribution is 5.84. The summed E-state index contributed by atoms with van der Waals surface area (Å²) in [5.41, 5.74) is 1.09. The number of hydrogen-bond acceptors (Lipinski definition) is 3. The first-order valence-electron chi connectivity index (χ1n) is 26.1. The van der Waals surface area contributed by atoms with Gasteiger partial charge in [0.1, 0.15) is 0 Å². The number of rotatable bonds is 32. The summed E-state index contributed by atoms with van der Waals surface area (Å²) < 4.78 is 0. The van der Waals surface area contributed by atoms with Gasteiger partial charge in [-0.1, -0.05) is 156 Å². The second kappa shape index (κ2) is 27.7. The number of unbranched alkanes of at least 4 members (excludes halogenated alkanes) is 18. The molecule has 0 spiro atoms. The zero-order chi connectivity index (χ0) is 40.6. The molecule has 0 heterocycles. The number of carbonyl (C=O) groups excluding carboxylic acids is 2. The van der Waals surface area contributed by atoms with E-state index < -0.39 is 0 Å². The number of amides is 2. The first kappa shape index (κ1) is 48.6. The summed E-state index contributed by atoms with van der Waals surface area (Å²) >= 11 is 0. The molecule has 0 radical (unpaired) electrons. The maximum absolute atomic E-state index is 12.8. The minimum absolute atomic E-state index is 0.0384. The van der Waals surface area contributed by atoms with E-state index in [4.69, 9.17) is 0 Å². The Morgan fingerprint density at radius 1 is 0.526 bits per heavy atom. The number of nitrogens with one attached hydrogen (secondary N) is 2. The average Bonchev–Trinajstić information content (AvgIpc) is 3.55. The Kier molecular flexibility index (Phi) is 23.6. The summed E-state index contributed by atoms with van der Waals surface area (Å²) in [5.74, 6) is 4.60. The quantitative estimate of drug-likeness (QED) is 0.0667. The van der Waals surface area contributed by atoms with Crippen molar-refractivity contribution in [3.63, 3.8) is 0 Å². The van der Waals surface area contributed by atoms with E-state index >= 15 is 0 Å². The maximum Gasteiger partial charge on any atom is 0.239 e. The lowest BCUT2D eigenvalue weighted by Crippen LogP contribution is -2.52. The minimum Gasteiger partial charge on any atom is -0.355 e. The summed E-state index contributed by atoms with van der Waals surface area (Å²) in [6, 6.07) is 0. The van der Waals surface area contributed by atoms with Crippen molar-refractivity contribution in [2.45, 2.75) is 246 Å². The molecule has 7 unspecified atom stereocenters. The Labute approximate surface area is 355 Å². The van der Waals surface area contributed by atoms with Crippen LogP contribution in [-0.4, -0.2) is 49.4 Å². The van der Waals surface area contributed by atoms with Gasteiger partial charge in [-0.15, -0.1) is 0 Å². The molecular formula is C52H97N3O2. The molecule has 4 aliphatic rings. The van der Waals surface area contributed by atoms with Crippen molar-refractivity contribution in [2.24, 2.45) is 40.4 Å². The zero-order valence-electron chi connectivity index (χ0n) is 38.7. The van der Waals surface area contributed by atoms with E-state index in [1.165, 1.54) is 212 Å². The van der Waals surface area contributed by atoms with Crippen LogP contribution in [0.3, 0.4) is 0 Å². The largest absolute Gasteiger partial charge is 0.355 e. The van der Waals surface area contributed by atoms with Crippen LogP contribution in [0.2, 0.25) is 0 Å². The third-order valence-corrected chi connectivity index (χ3v) is 16.8. The first-order chi connectivity index (χ1) is 27.8. The summed E-state index contributed by atoms with van der Waals surface area (Å²) in [6.45, 7) is 14.2. The molecular weight excluding hydrogens is 699 g/mol. The lowest BCUT2D eigenvalue weighted by Gasteiger charge is -2.60. The van der Waals surface area contributed by atoms with Crippen LogP contribution in [0.25, 0.3) is 0 Å². The predicted molar refractivity (Wildman–Crippen MR) is 244 cm³/mol. The van der Waals surface area contributed by atoms with Gasteiger partial charge in [0.05, 0.1) is 6.54 Å². The van der Waals surface area contributed by atoms with Gasteiger partial charge in [-0.05, 0) is 144 Å². The van der Waals surface area contributed by atoms with E-state index in [2.05, 4.69) is 43.2 Å². The van der Waals surface area contributed by atoms with Gasteiger partial charge in [0, 0.05) is 13.0 Å². The smallest absolute Gasteiger partial charge is 0.239 e. The minimum atomic E-state index is -0.0384. The van der Waals surface area contributed by atoms with Crippen LogP contribution in [0.5, 0.6) is 0 Å². The Morgan fingerprint density at radius 2 is 1.09 bits per heavy atom. The van der Waals surface area contributed by atoms with E-state index in [1.807, 2.05) is 0 Å². The molecule has 0 saturated heterocycles. The molecule has 4 saturated carbocycles. The van der Waals surface area contributed by atoms with Crippen molar-refractivity contribution in [1.82, 2.24) is 15.5 Å². The summed E-state index contributed by atoms with van der Waals surface area (Å²) in [5, 5.41) is 6.06. The van der Waals surface area contributed by atoms with Crippen molar-refractivity contribution in [1.29, 1.82) is 0 Å². The Hall–Kier alpha value is -1.10. The number of nitrogens with zero attached hydrogens (tertiary/aromatic N) is 1. The fourth-order valence-electron chi connectivity index (χ4n) is 13.2. The van der Waals surface area contributed by atoms with Gasteiger partial charge in [-0.2, -0.15) is 0 Å². The van der Waals surface area contributed by atoms with Crippen LogP contribution in [0.4, 0.5) is 0 Å². The van der Waals surface area contributed by atoms with Gasteiger partial charge in [0.15, 0.2) is 0 Å². The number of carbonyl (C=O) groups is 2. The van der Waals surface area contributed by atoms with Crippen molar-refractivity contribution < 1.29 is 9.59 Å². The van der Waals surface area contributed by atoms with Crippen molar-refractivity contribution in [3.05, 3.63) is 0 Å². The van der Waals surface area contributed by atoms with Crippen molar-refractivity contribution in [2.75, 3.05) is 32.7 Å². The molecule has 7 atom stereocenters. The molecule has 5 nitrogen and oxygen atoms in total. The number of hydrogen-bond donors (Lipinski definition) is 2. The van der Waals surface area contributed by atoms with Gasteiger partial charge >= 0.3 is 0 Å². The molecule has 0 aromatic rings. The fourth-order valence-corrected chi connectivity index (χ4v) is 13.2. The van der Waals surface area contributed by atoms with Crippen LogP contribution < -0.4 is 10.6 Å². The van der Waals surface area contributed by atoms with Crippen LogP contribution in [0, 0.1) is 40.4 Å². The standard InChI is InChI=1S/C52H97N3O2/c1-5-7-9-11-13-15-17-19-21-25-40-55(41-26-22-20-18-16-14-12-10-8-6-2)42-28-39-53-50(57)43-54-49(56)31-27-30-45-33-35-47-46-34-32-44-29-23-24-37-51(44,3)48(46)36-38-52(45,47)4/h44-48H,5-43H2,1-4H3,(H,53,57)(H,54,56). The molecule has 4 fully saturated rings. The normalized spacial score (nSPS) is 28.2. The molecule has 57 heavy (non-hydrogen) atoms. The molecule has 5 heteroatoms. The molecule has 0 bridgehead atoms. The highest BCUT2D eigenvalue weighted by Gasteiger charge is 2.59. The van der Waals surface area contributed by atoms with E-state index in [0.29, 0.717) is 23.8 Å². The van der Waals surface area contributed by atoms with Gasteiger partial charge in [-0.25, -0.2) is 0 Å². The molecule has 4 aliphatic carbocycles. The topological polar surface area (TPSA) is 61.4 Å². The Morgan fingerprint density at radius 3 is 1.70 bits per heavy atom. The third-order valence-electron chi connectivity index (χ3n) is 16.8. The first-order valence-corrected chi connectivity index (χ1v) is 26.1. The second-order valence-electron chi connectivity index (χ2n) is 20.8. The van der Waals surface area contributed by atoms with Crippen molar-refractivity contribution >= 4 is 11.8 Å². The zero-order valence-corrected chi connectivity index (χ0v) is 38.7. The molecule has 0 aliphatic heterocycles. The lowest BCUT2D eigenvalue weighted by molar-refractivity contribution is -0.126. The van der Waals surface area contributed by atoms with Crippen LogP contribution in [0.15, 0.2) is 0 Å². The molecule has 332 valence electrons. The van der Waals surface area contributed by atoms with E-state index in [1.54, 1.807) is 0 Å². The Bertz CT molecular complexity index is 1060. The lowest BCUT2D eigenvalue weighted by atomic mass is 9.45.